The third-order valence-corrected chi connectivity index (χ3v) is 5.72. The molecule has 26 heavy (non-hydrogen) atoms. The molecule has 1 aromatic carbocycles. The maximum absolute atomic E-state index is 12.6. The Bertz CT molecular complexity index is 603. The van der Waals surface area contributed by atoms with Crippen LogP contribution in [0.4, 0.5) is 10.5 Å². The maximum Gasteiger partial charge on any atom is 0.317 e. The standard InChI is InChI=1S/C20H31ClN4O/c1-16-6-5-9-23(14-16)15-17(2)22-20(26)25-12-10-24(11-13-25)19-8-4-3-7-18(19)21/h3-4,7-8,16-17H,5-6,9-15H2,1-2H3,(H,22,26). The second kappa shape index (κ2) is 8.96. The highest BCUT2D eigenvalue weighted by Crippen LogP contribution is 2.26. The van der Waals surface area contributed by atoms with Gasteiger partial charge < -0.3 is 20.0 Å². The summed E-state index contributed by atoms with van der Waals surface area (Å²) in [5.41, 5.74) is 1.06. The summed E-state index contributed by atoms with van der Waals surface area (Å²) < 4.78 is 0. The molecule has 2 unspecified atom stereocenters. The van der Waals surface area contributed by atoms with Crippen molar-refractivity contribution in [3.63, 3.8) is 0 Å². The predicted octanol–water partition coefficient (Wildman–Crippen LogP) is 3.29. The number of carbonyl (C=O) groups excluding carboxylic acids is 1. The molecule has 2 aliphatic rings. The van der Waals surface area contributed by atoms with E-state index < -0.39 is 0 Å². The molecule has 5 nitrogen and oxygen atoms in total. The number of benzene rings is 1. The molecule has 0 radical (unpaired) electrons. The molecule has 0 spiro atoms. The molecule has 1 aromatic rings. The fourth-order valence-electron chi connectivity index (χ4n) is 4.05. The van der Waals surface area contributed by atoms with Crippen molar-refractivity contribution >= 4 is 23.3 Å². The Morgan fingerprint density at radius 3 is 2.65 bits per heavy atom. The number of hydrogen-bond acceptors (Lipinski definition) is 3. The van der Waals surface area contributed by atoms with Gasteiger partial charge in [-0.1, -0.05) is 30.7 Å². The van der Waals surface area contributed by atoms with E-state index in [4.69, 9.17) is 11.6 Å². The van der Waals surface area contributed by atoms with Gasteiger partial charge in [0.15, 0.2) is 0 Å². The average molecular weight is 379 g/mol. The second-order valence-electron chi connectivity index (χ2n) is 7.78. The summed E-state index contributed by atoms with van der Waals surface area (Å²) in [7, 11) is 0. The molecule has 0 aromatic heterocycles. The Morgan fingerprint density at radius 2 is 1.96 bits per heavy atom. The number of amides is 2. The van der Waals surface area contributed by atoms with Crippen LogP contribution in [0.5, 0.6) is 0 Å². The summed E-state index contributed by atoms with van der Waals surface area (Å²) in [5.74, 6) is 0.768. The van der Waals surface area contributed by atoms with Gasteiger partial charge in [-0.15, -0.1) is 0 Å². The summed E-state index contributed by atoms with van der Waals surface area (Å²) in [5, 5.41) is 3.95. The number of anilines is 1. The molecule has 1 N–H and O–H groups in total. The van der Waals surface area contributed by atoms with Crippen molar-refractivity contribution in [3.05, 3.63) is 29.3 Å². The van der Waals surface area contributed by atoms with Crippen molar-refractivity contribution in [2.24, 2.45) is 5.92 Å². The van der Waals surface area contributed by atoms with Crippen LogP contribution in [0.15, 0.2) is 24.3 Å². The van der Waals surface area contributed by atoms with Gasteiger partial charge in [-0.05, 0) is 44.4 Å². The van der Waals surface area contributed by atoms with Crippen LogP contribution in [0.3, 0.4) is 0 Å². The van der Waals surface area contributed by atoms with E-state index in [-0.39, 0.29) is 12.1 Å². The molecule has 2 atom stereocenters. The largest absolute Gasteiger partial charge is 0.367 e. The molecule has 3 rings (SSSR count). The third-order valence-electron chi connectivity index (χ3n) is 5.40. The normalized spacial score (nSPS) is 23.0. The van der Waals surface area contributed by atoms with Gasteiger partial charge in [-0.2, -0.15) is 0 Å². The first-order chi connectivity index (χ1) is 12.5. The van der Waals surface area contributed by atoms with E-state index in [9.17, 15) is 4.79 Å². The van der Waals surface area contributed by atoms with Crippen molar-refractivity contribution in [2.45, 2.75) is 32.7 Å². The summed E-state index contributed by atoms with van der Waals surface area (Å²) in [6, 6.07) is 8.14. The maximum atomic E-state index is 12.6. The van der Waals surface area contributed by atoms with E-state index in [1.54, 1.807) is 0 Å². The van der Waals surface area contributed by atoms with Crippen LogP contribution in [-0.2, 0) is 0 Å². The average Bonchev–Trinajstić information content (AvgIpc) is 2.62. The molecule has 2 fully saturated rings. The first-order valence-corrected chi connectivity index (χ1v) is 10.2. The summed E-state index contributed by atoms with van der Waals surface area (Å²) in [6.45, 7) is 10.7. The van der Waals surface area contributed by atoms with Gasteiger partial charge >= 0.3 is 6.03 Å². The molecule has 2 heterocycles. The fraction of sp³-hybridized carbons (Fsp3) is 0.650. The van der Waals surface area contributed by atoms with Gasteiger partial charge in [-0.25, -0.2) is 4.79 Å². The number of piperazine rings is 1. The van der Waals surface area contributed by atoms with Crippen LogP contribution in [-0.4, -0.2) is 67.7 Å². The van der Waals surface area contributed by atoms with Crippen molar-refractivity contribution in [1.29, 1.82) is 0 Å². The highest BCUT2D eigenvalue weighted by atomic mass is 35.5. The van der Waals surface area contributed by atoms with E-state index in [2.05, 4.69) is 29.0 Å². The van der Waals surface area contributed by atoms with E-state index >= 15 is 0 Å². The Kier molecular flexibility index (Phi) is 6.65. The third kappa shape index (κ3) is 5.04. The number of urea groups is 1. The van der Waals surface area contributed by atoms with Gasteiger partial charge in [-0.3, -0.25) is 0 Å². The lowest BCUT2D eigenvalue weighted by Crippen LogP contribution is -2.54. The van der Waals surface area contributed by atoms with Crippen LogP contribution in [0.2, 0.25) is 5.02 Å². The monoisotopic (exact) mass is 378 g/mol. The predicted molar refractivity (Wildman–Crippen MR) is 108 cm³/mol. The first kappa shape index (κ1) is 19.3. The topological polar surface area (TPSA) is 38.8 Å². The Morgan fingerprint density at radius 1 is 1.23 bits per heavy atom. The molecule has 0 saturated carbocycles. The zero-order valence-electron chi connectivity index (χ0n) is 16.0. The van der Waals surface area contributed by atoms with Crippen molar-refractivity contribution in [2.75, 3.05) is 50.7 Å². The number of halogens is 1. The van der Waals surface area contributed by atoms with Gasteiger partial charge in [0, 0.05) is 45.3 Å². The zero-order valence-corrected chi connectivity index (χ0v) is 16.7. The van der Waals surface area contributed by atoms with Gasteiger partial charge in [0.2, 0.25) is 0 Å². The molecule has 6 heteroatoms. The van der Waals surface area contributed by atoms with Crippen LogP contribution in [0.1, 0.15) is 26.7 Å². The lowest BCUT2D eigenvalue weighted by molar-refractivity contribution is 0.160. The van der Waals surface area contributed by atoms with E-state index in [1.165, 1.54) is 12.8 Å². The van der Waals surface area contributed by atoms with Gasteiger partial charge in [0.1, 0.15) is 0 Å². The van der Waals surface area contributed by atoms with E-state index in [0.29, 0.717) is 0 Å². The highest BCUT2D eigenvalue weighted by molar-refractivity contribution is 6.33. The van der Waals surface area contributed by atoms with Crippen LogP contribution < -0.4 is 10.2 Å². The lowest BCUT2D eigenvalue weighted by atomic mass is 10.00. The zero-order chi connectivity index (χ0) is 18.5. The number of carbonyl (C=O) groups is 1. The Balaban J connectivity index is 1.44. The van der Waals surface area contributed by atoms with Crippen LogP contribution in [0, 0.1) is 5.92 Å². The molecule has 0 bridgehead atoms. The minimum absolute atomic E-state index is 0.0568. The summed E-state index contributed by atoms with van der Waals surface area (Å²) >= 11 is 6.29. The van der Waals surface area contributed by atoms with Crippen molar-refractivity contribution in [3.8, 4) is 0 Å². The smallest absolute Gasteiger partial charge is 0.317 e. The molecule has 2 saturated heterocycles. The Hall–Kier alpha value is -1.46. The van der Waals surface area contributed by atoms with E-state index in [0.717, 1.165) is 62.4 Å². The minimum atomic E-state index is 0.0568. The van der Waals surface area contributed by atoms with Gasteiger partial charge in [0.05, 0.1) is 10.7 Å². The number of piperidine rings is 1. The SMILES string of the molecule is CC1CCCN(CC(C)NC(=O)N2CCN(c3ccccc3Cl)CC2)C1. The number of hydrogen-bond donors (Lipinski definition) is 1. The Labute approximate surface area is 162 Å². The number of likely N-dealkylation sites (tertiary alicyclic amines) is 1. The summed E-state index contributed by atoms with van der Waals surface area (Å²) in [4.78, 5) is 19.2. The lowest BCUT2D eigenvalue weighted by Gasteiger charge is -2.37. The van der Waals surface area contributed by atoms with Crippen LogP contribution >= 0.6 is 11.6 Å². The fourth-order valence-corrected chi connectivity index (χ4v) is 4.30. The highest BCUT2D eigenvalue weighted by Gasteiger charge is 2.24. The summed E-state index contributed by atoms with van der Waals surface area (Å²) in [6.07, 6.45) is 2.60. The molecule has 2 aliphatic heterocycles. The quantitative estimate of drug-likeness (QED) is 0.873. The molecular weight excluding hydrogens is 348 g/mol. The molecule has 144 valence electrons. The molecule has 2 amide bonds. The van der Waals surface area contributed by atoms with Crippen LogP contribution in [0.25, 0.3) is 0 Å². The number of nitrogens with one attached hydrogen (secondary N) is 1. The van der Waals surface area contributed by atoms with E-state index in [1.807, 2.05) is 29.2 Å². The van der Waals surface area contributed by atoms with Gasteiger partial charge in [0.25, 0.3) is 0 Å². The minimum Gasteiger partial charge on any atom is -0.367 e. The second-order valence-corrected chi connectivity index (χ2v) is 8.19. The van der Waals surface area contributed by atoms with Crippen molar-refractivity contribution in [1.82, 2.24) is 15.1 Å². The number of nitrogens with zero attached hydrogens (tertiary/aromatic N) is 3. The first-order valence-electron chi connectivity index (χ1n) is 9.80. The molecule has 0 aliphatic carbocycles. The number of para-hydroxylation sites is 1. The molecular formula is C20H31ClN4O. The van der Waals surface area contributed by atoms with Crippen molar-refractivity contribution < 1.29 is 4.79 Å². The number of rotatable bonds is 4.